The first kappa shape index (κ1) is 29.8. The van der Waals surface area contributed by atoms with Crippen molar-refractivity contribution < 1.29 is 50.0 Å². The van der Waals surface area contributed by atoms with Crippen LogP contribution in [0.1, 0.15) is 64.7 Å². The lowest BCUT2D eigenvalue weighted by molar-refractivity contribution is -0.370. The zero-order chi connectivity index (χ0) is 25.1. The van der Waals surface area contributed by atoms with Gasteiger partial charge in [0.25, 0.3) is 0 Å². The SMILES string of the molecule is CCCCCCCCCCCN[C@@H]1C(CO)O[C@H](O[C@H]2O[C@H](CO)[C@@H](O)C(O)C2O)C(O)[C@H]1O. The molecule has 0 aliphatic carbocycles. The van der Waals surface area contributed by atoms with Gasteiger partial charge in [0, 0.05) is 0 Å². The van der Waals surface area contributed by atoms with Crippen molar-refractivity contribution in [2.75, 3.05) is 19.8 Å². The highest BCUT2D eigenvalue weighted by Crippen LogP contribution is 2.28. The predicted molar refractivity (Wildman–Crippen MR) is 122 cm³/mol. The molecule has 2 saturated heterocycles. The Balaban J connectivity index is 1.78. The summed E-state index contributed by atoms with van der Waals surface area (Å²) in [6.07, 6.45) is -2.22. The van der Waals surface area contributed by atoms with Crippen LogP contribution in [0, 0.1) is 0 Å². The fraction of sp³-hybridized carbons (Fsp3) is 1.00. The molecular weight excluding hydrogens is 450 g/mol. The van der Waals surface area contributed by atoms with E-state index in [1.165, 1.54) is 38.5 Å². The second-order valence-corrected chi connectivity index (χ2v) is 9.35. The van der Waals surface area contributed by atoms with Crippen LogP contribution in [0.3, 0.4) is 0 Å². The molecule has 8 N–H and O–H groups in total. The predicted octanol–water partition coefficient (Wildman–Crippen LogP) is -1.27. The summed E-state index contributed by atoms with van der Waals surface area (Å²) in [5.74, 6) is 0. The Morgan fingerprint density at radius 2 is 1.12 bits per heavy atom. The van der Waals surface area contributed by atoms with E-state index in [1.807, 2.05) is 0 Å². The van der Waals surface area contributed by atoms with Gasteiger partial charge < -0.3 is 55.3 Å². The third-order valence-electron chi connectivity index (χ3n) is 6.66. The number of aliphatic hydroxyl groups is 7. The molecule has 2 aliphatic rings. The van der Waals surface area contributed by atoms with Crippen molar-refractivity contribution in [2.45, 2.75) is 126 Å². The summed E-state index contributed by atoms with van der Waals surface area (Å²) in [5, 5.41) is 73.3. The lowest BCUT2D eigenvalue weighted by atomic mass is 9.95. The molecule has 0 radical (unpaired) electrons. The molecule has 0 aromatic heterocycles. The first-order valence-electron chi connectivity index (χ1n) is 12.7. The van der Waals surface area contributed by atoms with Gasteiger partial charge in [-0.1, -0.05) is 58.3 Å². The number of hydrogen-bond donors (Lipinski definition) is 8. The maximum atomic E-state index is 10.6. The summed E-state index contributed by atoms with van der Waals surface area (Å²) in [4.78, 5) is 0. The normalized spacial score (nSPS) is 38.8. The minimum atomic E-state index is -1.68. The highest BCUT2D eigenvalue weighted by Gasteiger charge is 2.49. The first-order chi connectivity index (χ1) is 16.3. The first-order valence-corrected chi connectivity index (χ1v) is 12.7. The van der Waals surface area contributed by atoms with Crippen LogP contribution in [0.2, 0.25) is 0 Å². The van der Waals surface area contributed by atoms with Gasteiger partial charge in [-0.2, -0.15) is 0 Å². The Kier molecular flexibility index (Phi) is 13.7. The van der Waals surface area contributed by atoms with E-state index in [0.29, 0.717) is 6.54 Å². The molecule has 0 aromatic rings. The van der Waals surface area contributed by atoms with Crippen molar-refractivity contribution in [3.05, 3.63) is 0 Å². The monoisotopic (exact) mass is 495 g/mol. The molecule has 2 heterocycles. The molecule has 34 heavy (non-hydrogen) atoms. The second kappa shape index (κ2) is 15.6. The van der Waals surface area contributed by atoms with Gasteiger partial charge in [0.05, 0.1) is 19.3 Å². The van der Waals surface area contributed by atoms with Gasteiger partial charge in [0.15, 0.2) is 12.6 Å². The summed E-state index contributed by atoms with van der Waals surface area (Å²) >= 11 is 0. The Labute approximate surface area is 201 Å². The van der Waals surface area contributed by atoms with Crippen LogP contribution in [0.5, 0.6) is 0 Å². The van der Waals surface area contributed by atoms with Gasteiger partial charge in [0.1, 0.15) is 42.7 Å². The molecule has 2 fully saturated rings. The van der Waals surface area contributed by atoms with Gasteiger partial charge in [-0.05, 0) is 13.0 Å². The molecule has 11 heteroatoms. The van der Waals surface area contributed by atoms with Crippen molar-refractivity contribution in [3.8, 4) is 0 Å². The van der Waals surface area contributed by atoms with Gasteiger partial charge in [-0.3, -0.25) is 0 Å². The van der Waals surface area contributed by atoms with E-state index < -0.39 is 74.6 Å². The minimum absolute atomic E-state index is 0.451. The van der Waals surface area contributed by atoms with E-state index in [9.17, 15) is 35.7 Å². The summed E-state index contributed by atoms with van der Waals surface area (Å²) in [5.41, 5.74) is 0. The zero-order valence-corrected chi connectivity index (χ0v) is 20.1. The molecule has 4 unspecified atom stereocenters. The van der Waals surface area contributed by atoms with E-state index in [-0.39, 0.29) is 0 Å². The Hall–Kier alpha value is -0.440. The van der Waals surface area contributed by atoms with Crippen LogP contribution in [-0.4, -0.2) is 117 Å². The Bertz CT molecular complexity index is 540. The summed E-state index contributed by atoms with van der Waals surface area (Å²) < 4.78 is 16.3. The summed E-state index contributed by atoms with van der Waals surface area (Å²) in [7, 11) is 0. The number of aliphatic hydroxyl groups excluding tert-OH is 7. The van der Waals surface area contributed by atoms with Crippen molar-refractivity contribution in [1.29, 1.82) is 0 Å². The minimum Gasteiger partial charge on any atom is -0.394 e. The fourth-order valence-electron chi connectivity index (χ4n) is 4.47. The lowest BCUT2D eigenvalue weighted by Crippen LogP contribution is -2.66. The highest BCUT2D eigenvalue weighted by atomic mass is 16.8. The summed E-state index contributed by atoms with van der Waals surface area (Å²) in [6, 6.07) is -0.733. The van der Waals surface area contributed by atoms with Gasteiger partial charge in [0.2, 0.25) is 0 Å². The molecule has 0 bridgehead atoms. The molecule has 0 amide bonds. The molecule has 10 atom stereocenters. The topological polar surface area (TPSA) is 181 Å². The van der Waals surface area contributed by atoms with Gasteiger partial charge in [-0.25, -0.2) is 0 Å². The van der Waals surface area contributed by atoms with Crippen LogP contribution >= 0.6 is 0 Å². The molecule has 0 saturated carbocycles. The molecule has 2 rings (SSSR count). The van der Waals surface area contributed by atoms with Gasteiger partial charge >= 0.3 is 0 Å². The Morgan fingerprint density at radius 1 is 0.618 bits per heavy atom. The molecular formula is C23H45NO10. The standard InChI is InChI=1S/C23H45NO10/c1-2-3-4-5-6-7-8-9-10-11-24-16-14(12-25)32-22(20(30)18(16)28)34-23-21(31)19(29)17(27)15(13-26)33-23/h14-31H,2-13H2,1H3/t14?,15-,16-,17-,18+,19?,20?,21?,22-,23-/m1/s1. The van der Waals surface area contributed by atoms with Crippen LogP contribution in [0.25, 0.3) is 0 Å². The molecule has 2 aliphatic heterocycles. The number of rotatable bonds is 15. The van der Waals surface area contributed by atoms with Crippen molar-refractivity contribution in [3.63, 3.8) is 0 Å². The van der Waals surface area contributed by atoms with E-state index in [0.717, 1.165) is 19.3 Å². The molecule has 202 valence electrons. The number of nitrogens with one attached hydrogen (secondary N) is 1. The van der Waals surface area contributed by atoms with Gasteiger partial charge in [-0.15, -0.1) is 0 Å². The van der Waals surface area contributed by atoms with E-state index >= 15 is 0 Å². The smallest absolute Gasteiger partial charge is 0.189 e. The van der Waals surface area contributed by atoms with Crippen LogP contribution < -0.4 is 5.32 Å². The quantitative estimate of drug-likeness (QED) is 0.127. The van der Waals surface area contributed by atoms with Crippen LogP contribution in [0.4, 0.5) is 0 Å². The zero-order valence-electron chi connectivity index (χ0n) is 20.1. The fourth-order valence-corrected chi connectivity index (χ4v) is 4.47. The maximum absolute atomic E-state index is 10.6. The van der Waals surface area contributed by atoms with Crippen LogP contribution in [-0.2, 0) is 14.2 Å². The number of hydrogen-bond acceptors (Lipinski definition) is 11. The average molecular weight is 496 g/mol. The Morgan fingerprint density at radius 3 is 1.68 bits per heavy atom. The maximum Gasteiger partial charge on any atom is 0.189 e. The van der Waals surface area contributed by atoms with E-state index in [4.69, 9.17) is 14.2 Å². The highest BCUT2D eigenvalue weighted by molar-refractivity contribution is 4.95. The summed E-state index contributed by atoms with van der Waals surface area (Å²) in [6.45, 7) is 1.71. The third kappa shape index (κ3) is 8.31. The van der Waals surface area contributed by atoms with Crippen molar-refractivity contribution in [1.82, 2.24) is 5.32 Å². The average Bonchev–Trinajstić information content (AvgIpc) is 2.84. The van der Waals surface area contributed by atoms with Crippen molar-refractivity contribution >= 4 is 0 Å². The third-order valence-corrected chi connectivity index (χ3v) is 6.66. The molecule has 0 spiro atoms. The lowest BCUT2D eigenvalue weighted by Gasteiger charge is -2.45. The van der Waals surface area contributed by atoms with Crippen molar-refractivity contribution in [2.24, 2.45) is 0 Å². The molecule has 11 nitrogen and oxygen atoms in total. The second-order valence-electron chi connectivity index (χ2n) is 9.35. The molecule has 0 aromatic carbocycles. The number of unbranched alkanes of at least 4 members (excludes halogenated alkanes) is 8. The van der Waals surface area contributed by atoms with Crippen LogP contribution in [0.15, 0.2) is 0 Å². The van der Waals surface area contributed by atoms with E-state index in [1.54, 1.807) is 0 Å². The van der Waals surface area contributed by atoms with E-state index in [2.05, 4.69) is 12.2 Å². The number of ether oxygens (including phenoxy) is 3. The largest absolute Gasteiger partial charge is 0.394 e.